The lowest BCUT2D eigenvalue weighted by atomic mass is 9.49. The van der Waals surface area contributed by atoms with Gasteiger partial charge in [0.25, 0.3) is 0 Å². The van der Waals surface area contributed by atoms with Crippen molar-refractivity contribution in [3.8, 4) is 11.5 Å². The number of quaternary nitrogens is 1. The number of Topliss-reactive ketones (excluding diaryl/α,β-unsaturated/α-hetero) is 1. The summed E-state index contributed by atoms with van der Waals surface area (Å²) in [5.74, 6) is 0.848. The third kappa shape index (κ3) is 1.27. The first-order valence-electron chi connectivity index (χ1n) is 9.23. The molecular formula is C20H22NO4+. The zero-order valence-corrected chi connectivity index (χ0v) is 14.2. The van der Waals surface area contributed by atoms with Gasteiger partial charge in [-0.15, -0.1) is 0 Å². The van der Waals surface area contributed by atoms with Crippen LogP contribution in [0.3, 0.4) is 0 Å². The van der Waals surface area contributed by atoms with E-state index in [1.54, 1.807) is 6.07 Å². The summed E-state index contributed by atoms with van der Waals surface area (Å²) in [7, 11) is 0. The molecule has 2 saturated heterocycles. The fraction of sp³-hybridized carbons (Fsp3) is 0.550. The van der Waals surface area contributed by atoms with Gasteiger partial charge in [-0.3, -0.25) is 9.28 Å². The monoisotopic (exact) mass is 340 g/mol. The van der Waals surface area contributed by atoms with Crippen LogP contribution in [0, 0.1) is 0 Å². The number of piperidine rings is 1. The molecule has 5 nitrogen and oxygen atoms in total. The molecule has 3 heterocycles. The van der Waals surface area contributed by atoms with Crippen molar-refractivity contribution in [1.82, 2.24) is 0 Å². The van der Waals surface area contributed by atoms with Gasteiger partial charge in [-0.05, 0) is 24.1 Å². The van der Waals surface area contributed by atoms with Crippen LogP contribution in [0.5, 0.6) is 11.5 Å². The predicted molar refractivity (Wildman–Crippen MR) is 89.4 cm³/mol. The van der Waals surface area contributed by atoms with Crippen molar-refractivity contribution in [3.05, 3.63) is 35.9 Å². The number of rotatable bonds is 2. The van der Waals surface area contributed by atoms with Crippen molar-refractivity contribution >= 4 is 5.78 Å². The lowest BCUT2D eigenvalue weighted by molar-refractivity contribution is -0.947. The van der Waals surface area contributed by atoms with Crippen LogP contribution < -0.4 is 4.74 Å². The Morgan fingerprint density at radius 3 is 3.12 bits per heavy atom. The van der Waals surface area contributed by atoms with Gasteiger partial charge < -0.3 is 14.6 Å². The van der Waals surface area contributed by atoms with Crippen LogP contribution >= 0.6 is 0 Å². The van der Waals surface area contributed by atoms with Crippen LogP contribution in [0.1, 0.15) is 30.4 Å². The first-order valence-corrected chi connectivity index (χ1v) is 9.23. The number of hydrogen-bond donors (Lipinski definition) is 1. The zero-order valence-electron chi connectivity index (χ0n) is 14.2. The second-order valence-electron chi connectivity index (χ2n) is 8.43. The van der Waals surface area contributed by atoms with Crippen LogP contribution in [0.25, 0.3) is 0 Å². The van der Waals surface area contributed by atoms with E-state index in [1.807, 2.05) is 12.1 Å². The van der Waals surface area contributed by atoms with E-state index in [-0.39, 0.29) is 17.1 Å². The van der Waals surface area contributed by atoms with Gasteiger partial charge in [0.2, 0.25) is 0 Å². The number of phenolic OH excluding ortho intramolecular Hbond substituents is 1. The summed E-state index contributed by atoms with van der Waals surface area (Å²) in [4.78, 5) is 12.8. The van der Waals surface area contributed by atoms with Crippen molar-refractivity contribution < 1.29 is 23.9 Å². The van der Waals surface area contributed by atoms with Gasteiger partial charge in [-0.25, -0.2) is 0 Å². The highest BCUT2D eigenvalue weighted by molar-refractivity contribution is 5.90. The number of carbonyl (C=O) groups excluding carboxylic acids is 1. The van der Waals surface area contributed by atoms with Gasteiger partial charge in [-0.2, -0.15) is 0 Å². The van der Waals surface area contributed by atoms with Crippen LogP contribution in [-0.2, 0) is 21.4 Å². The van der Waals surface area contributed by atoms with Crippen LogP contribution in [-0.4, -0.2) is 52.9 Å². The smallest absolute Gasteiger partial charge is 0.184 e. The largest absolute Gasteiger partial charge is 0.504 e. The minimum atomic E-state index is -0.505. The van der Waals surface area contributed by atoms with E-state index in [4.69, 9.17) is 9.47 Å². The molecule has 1 unspecified atom stereocenters. The molecule has 0 radical (unpaired) electrons. The Kier molecular flexibility index (Phi) is 2.35. The van der Waals surface area contributed by atoms with E-state index < -0.39 is 11.5 Å². The Bertz CT molecular complexity index is 850. The first kappa shape index (κ1) is 14.3. The van der Waals surface area contributed by atoms with Crippen molar-refractivity contribution in [1.29, 1.82) is 0 Å². The Morgan fingerprint density at radius 1 is 1.40 bits per heavy atom. The molecule has 2 aliphatic carbocycles. The predicted octanol–water partition coefficient (Wildman–Crippen LogP) is 1.81. The quantitative estimate of drug-likeness (QED) is 0.659. The third-order valence-electron chi connectivity index (χ3n) is 7.78. The van der Waals surface area contributed by atoms with Gasteiger partial charge in [-0.1, -0.05) is 12.6 Å². The highest BCUT2D eigenvalue weighted by atomic mass is 16.5. The topological polar surface area (TPSA) is 55.8 Å². The molecule has 3 aliphatic heterocycles. The number of hydrogen-bond acceptors (Lipinski definition) is 4. The average molecular weight is 340 g/mol. The number of ketones is 1. The van der Waals surface area contributed by atoms with Crippen molar-refractivity contribution in [3.63, 3.8) is 0 Å². The Labute approximate surface area is 146 Å². The molecule has 25 heavy (non-hydrogen) atoms. The average Bonchev–Trinajstić information content (AvgIpc) is 3.06. The normalized spacial score (nSPS) is 45.0. The summed E-state index contributed by atoms with van der Waals surface area (Å²) in [6.07, 6.45) is 4.56. The summed E-state index contributed by atoms with van der Waals surface area (Å²) >= 11 is 0. The molecule has 6 rings (SSSR count). The number of phenols is 1. The summed E-state index contributed by atoms with van der Waals surface area (Å²) in [5.41, 5.74) is 1.52. The SMILES string of the molecule is C=CC[N+]12CC[C@]34c5c6ccc(O)c5O[C@H]3C(=O)CC[C@@]4(OC1)[C@H]2C6. The number of carbonyl (C=O) groups is 1. The minimum absolute atomic E-state index is 0.152. The first-order chi connectivity index (χ1) is 12.1. The van der Waals surface area contributed by atoms with Crippen LogP contribution in [0.4, 0.5) is 0 Å². The lowest BCUT2D eigenvalue weighted by Crippen LogP contribution is -2.77. The van der Waals surface area contributed by atoms with Crippen LogP contribution in [0.15, 0.2) is 24.8 Å². The maximum Gasteiger partial charge on any atom is 0.184 e. The standard InChI is InChI=1S/C20H21NO4/c1-2-8-21-9-7-19-16-12-3-4-13(22)17(16)25-18(19)14(23)5-6-20(19,24-11-21)15(21)10-12/h2-4,15,18H,1,5-11H2/p+1/t15-,18+,19+,20-,21?/m1/s1. The molecule has 1 aromatic carbocycles. The maximum atomic E-state index is 12.8. The minimum Gasteiger partial charge on any atom is -0.504 e. The van der Waals surface area contributed by atoms with Gasteiger partial charge in [0, 0.05) is 24.8 Å². The number of benzene rings is 1. The zero-order chi connectivity index (χ0) is 17.0. The van der Waals surface area contributed by atoms with Gasteiger partial charge >= 0.3 is 0 Å². The van der Waals surface area contributed by atoms with Gasteiger partial charge in [0.05, 0.1) is 18.5 Å². The van der Waals surface area contributed by atoms with Crippen molar-refractivity contribution in [2.75, 3.05) is 19.8 Å². The van der Waals surface area contributed by atoms with Crippen LogP contribution in [0.2, 0.25) is 0 Å². The third-order valence-corrected chi connectivity index (χ3v) is 7.78. The molecule has 3 fully saturated rings. The Morgan fingerprint density at radius 2 is 2.28 bits per heavy atom. The number of aromatic hydroxyl groups is 1. The number of nitrogens with zero attached hydrogens (tertiary/aromatic N) is 1. The molecule has 4 bridgehead atoms. The molecular weight excluding hydrogens is 318 g/mol. The van der Waals surface area contributed by atoms with E-state index in [2.05, 4.69) is 6.58 Å². The van der Waals surface area contributed by atoms with E-state index in [1.165, 1.54) is 5.56 Å². The molecule has 2 spiro atoms. The fourth-order valence-corrected chi connectivity index (χ4v) is 6.90. The van der Waals surface area contributed by atoms with Gasteiger partial charge in [0.1, 0.15) is 11.6 Å². The summed E-state index contributed by atoms with van der Waals surface area (Å²) in [5, 5.41) is 10.4. The molecule has 0 aromatic heterocycles. The summed E-state index contributed by atoms with van der Waals surface area (Å²) in [6.45, 7) is 6.55. The highest BCUT2D eigenvalue weighted by Gasteiger charge is 2.80. The summed E-state index contributed by atoms with van der Waals surface area (Å²) in [6, 6.07) is 4.08. The summed E-state index contributed by atoms with van der Waals surface area (Å²) < 4.78 is 13.7. The second kappa shape index (κ2) is 4.10. The van der Waals surface area contributed by atoms with E-state index >= 15 is 0 Å². The molecule has 1 saturated carbocycles. The van der Waals surface area contributed by atoms with Gasteiger partial charge in [0.15, 0.2) is 30.1 Å². The lowest BCUT2D eigenvalue weighted by Gasteiger charge is -2.60. The Hall–Kier alpha value is -1.85. The van der Waals surface area contributed by atoms with Crippen molar-refractivity contribution in [2.24, 2.45) is 0 Å². The number of ether oxygens (including phenoxy) is 2. The molecule has 5 atom stereocenters. The van der Waals surface area contributed by atoms with E-state index in [0.717, 1.165) is 42.4 Å². The van der Waals surface area contributed by atoms with E-state index in [0.29, 0.717) is 24.9 Å². The molecule has 5 heteroatoms. The Balaban J connectivity index is 1.68. The molecule has 1 aromatic rings. The molecule has 0 amide bonds. The fourth-order valence-electron chi connectivity index (χ4n) is 6.90. The van der Waals surface area contributed by atoms with E-state index in [9.17, 15) is 9.90 Å². The molecule has 130 valence electrons. The van der Waals surface area contributed by atoms with Crippen molar-refractivity contribution in [2.45, 2.75) is 48.8 Å². The molecule has 1 N–H and O–H groups in total. The molecule has 5 aliphatic rings. The highest BCUT2D eigenvalue weighted by Crippen LogP contribution is 2.68. The second-order valence-corrected chi connectivity index (χ2v) is 8.43. The maximum absolute atomic E-state index is 12.8.